The lowest BCUT2D eigenvalue weighted by molar-refractivity contribution is 0.325. The summed E-state index contributed by atoms with van der Waals surface area (Å²) in [6.45, 7) is 6.00. The first kappa shape index (κ1) is 15.3. The van der Waals surface area contributed by atoms with Crippen molar-refractivity contribution in [3.63, 3.8) is 0 Å². The molecule has 0 amide bonds. The average molecular weight is 314 g/mol. The van der Waals surface area contributed by atoms with E-state index in [2.05, 4.69) is 15.5 Å². The Morgan fingerprint density at radius 2 is 2.00 bits per heavy atom. The Hall–Kier alpha value is -1.10. The van der Waals surface area contributed by atoms with Crippen LogP contribution < -0.4 is 5.32 Å². The molecule has 0 aliphatic rings. The van der Waals surface area contributed by atoms with E-state index < -0.39 is 0 Å². The van der Waals surface area contributed by atoms with E-state index >= 15 is 0 Å². The fourth-order valence-corrected chi connectivity index (χ4v) is 2.55. The van der Waals surface area contributed by atoms with Crippen molar-refractivity contribution >= 4 is 23.2 Å². The molecule has 1 heterocycles. The van der Waals surface area contributed by atoms with Crippen LogP contribution in [0.3, 0.4) is 0 Å². The topological polar surface area (TPSA) is 51.0 Å². The summed E-state index contributed by atoms with van der Waals surface area (Å²) in [4.78, 5) is 4.32. The molecule has 108 valence electrons. The first-order valence-electron chi connectivity index (χ1n) is 6.54. The van der Waals surface area contributed by atoms with Crippen LogP contribution in [0, 0.1) is 0 Å². The molecule has 4 nitrogen and oxygen atoms in total. The van der Waals surface area contributed by atoms with Crippen molar-refractivity contribution in [2.45, 2.75) is 39.3 Å². The first-order valence-corrected chi connectivity index (χ1v) is 7.30. The Labute approximate surface area is 128 Å². The predicted octanol–water partition coefficient (Wildman–Crippen LogP) is 4.35. The first-order chi connectivity index (χ1) is 9.51. The lowest BCUT2D eigenvalue weighted by Gasteiger charge is -2.19. The third-order valence-electron chi connectivity index (χ3n) is 3.10. The number of hydrogen-bond donors (Lipinski definition) is 1. The lowest BCUT2D eigenvalue weighted by atomic mass is 10.1. The summed E-state index contributed by atoms with van der Waals surface area (Å²) < 4.78 is 5.23. The number of hydrogen-bond acceptors (Lipinski definition) is 4. The fraction of sp³-hybridized carbons (Fsp3) is 0.429. The van der Waals surface area contributed by atoms with Crippen LogP contribution in [0.25, 0.3) is 0 Å². The maximum atomic E-state index is 6.20. The second kappa shape index (κ2) is 6.57. The Morgan fingerprint density at radius 3 is 2.60 bits per heavy atom. The summed E-state index contributed by atoms with van der Waals surface area (Å²) in [5.41, 5.74) is 0.984. The van der Waals surface area contributed by atoms with Gasteiger partial charge in [-0.25, -0.2) is 0 Å². The van der Waals surface area contributed by atoms with Crippen LogP contribution in [0.5, 0.6) is 0 Å². The zero-order valence-electron chi connectivity index (χ0n) is 11.7. The van der Waals surface area contributed by atoms with Gasteiger partial charge in [0.05, 0.1) is 6.04 Å². The van der Waals surface area contributed by atoms with Crippen molar-refractivity contribution in [2.75, 3.05) is 0 Å². The van der Waals surface area contributed by atoms with Gasteiger partial charge in [0.2, 0.25) is 5.89 Å². The van der Waals surface area contributed by atoms with Crippen LogP contribution in [0.1, 0.15) is 50.1 Å². The van der Waals surface area contributed by atoms with Crippen LogP contribution in [0.4, 0.5) is 0 Å². The number of aromatic nitrogens is 2. The van der Waals surface area contributed by atoms with Crippen molar-refractivity contribution in [1.82, 2.24) is 15.5 Å². The largest absolute Gasteiger partial charge is 0.338 e. The quantitative estimate of drug-likeness (QED) is 0.891. The van der Waals surface area contributed by atoms with Gasteiger partial charge in [-0.3, -0.25) is 5.32 Å². The standard InChI is InChI=1S/C14H17Cl2N3O/c1-4-13-18-14(20-19-13)9(3)17-8(2)11-6-5-10(15)7-12(11)16/h5-9,17H,4H2,1-3H3/t8-,9+/m0/s1. The van der Waals surface area contributed by atoms with Crippen LogP contribution in [-0.4, -0.2) is 10.1 Å². The molecule has 2 rings (SSSR count). The highest BCUT2D eigenvalue weighted by Gasteiger charge is 2.18. The SMILES string of the molecule is CCc1noc([C@@H](C)N[C@@H](C)c2ccc(Cl)cc2Cl)n1. The monoisotopic (exact) mass is 313 g/mol. The molecule has 1 aromatic carbocycles. The molecule has 0 unspecified atom stereocenters. The lowest BCUT2D eigenvalue weighted by Crippen LogP contribution is -2.23. The minimum atomic E-state index is -0.0513. The smallest absolute Gasteiger partial charge is 0.243 e. The molecule has 20 heavy (non-hydrogen) atoms. The van der Waals surface area contributed by atoms with Gasteiger partial charge in [0.25, 0.3) is 0 Å². The second-order valence-corrected chi connectivity index (χ2v) is 5.52. The van der Waals surface area contributed by atoms with Crippen LogP contribution >= 0.6 is 23.2 Å². The summed E-state index contributed by atoms with van der Waals surface area (Å²) in [5, 5.41) is 8.55. The number of nitrogens with one attached hydrogen (secondary N) is 1. The molecule has 0 fully saturated rings. The summed E-state index contributed by atoms with van der Waals surface area (Å²) in [6.07, 6.45) is 0.759. The maximum Gasteiger partial charge on any atom is 0.243 e. The van der Waals surface area contributed by atoms with Crippen LogP contribution in [0.15, 0.2) is 22.7 Å². The van der Waals surface area contributed by atoms with E-state index in [1.165, 1.54) is 0 Å². The van der Waals surface area contributed by atoms with Gasteiger partial charge in [-0.05, 0) is 31.5 Å². The van der Waals surface area contributed by atoms with Crippen molar-refractivity contribution < 1.29 is 4.52 Å². The Morgan fingerprint density at radius 1 is 1.25 bits per heavy atom. The van der Waals surface area contributed by atoms with Gasteiger partial charge in [0.1, 0.15) is 0 Å². The zero-order chi connectivity index (χ0) is 14.7. The molecular formula is C14H17Cl2N3O. The molecule has 0 aliphatic carbocycles. The highest BCUT2D eigenvalue weighted by molar-refractivity contribution is 6.35. The molecule has 6 heteroatoms. The summed E-state index contributed by atoms with van der Waals surface area (Å²) in [7, 11) is 0. The van der Waals surface area contributed by atoms with Crippen LogP contribution in [-0.2, 0) is 6.42 Å². The molecule has 0 bridgehead atoms. The second-order valence-electron chi connectivity index (χ2n) is 4.68. The minimum Gasteiger partial charge on any atom is -0.338 e. The molecule has 0 saturated carbocycles. The van der Waals surface area contributed by atoms with Crippen molar-refractivity contribution in [2.24, 2.45) is 0 Å². The average Bonchev–Trinajstić information content (AvgIpc) is 2.87. The Bertz CT molecular complexity index is 586. The summed E-state index contributed by atoms with van der Waals surface area (Å²) in [5.74, 6) is 1.30. The van der Waals surface area contributed by atoms with E-state index in [1.54, 1.807) is 6.07 Å². The van der Waals surface area contributed by atoms with E-state index in [9.17, 15) is 0 Å². The fourth-order valence-electron chi connectivity index (χ4n) is 1.98. The van der Waals surface area contributed by atoms with Crippen molar-refractivity contribution in [3.05, 3.63) is 45.5 Å². The van der Waals surface area contributed by atoms with Gasteiger partial charge in [0.15, 0.2) is 5.82 Å². The molecular weight excluding hydrogens is 297 g/mol. The van der Waals surface area contributed by atoms with Gasteiger partial charge < -0.3 is 4.52 Å². The Balaban J connectivity index is 2.08. The highest BCUT2D eigenvalue weighted by Crippen LogP contribution is 2.27. The molecule has 2 atom stereocenters. The van der Waals surface area contributed by atoms with Gasteiger partial charge in [-0.2, -0.15) is 4.98 Å². The van der Waals surface area contributed by atoms with Gasteiger partial charge in [-0.1, -0.05) is 41.3 Å². The van der Waals surface area contributed by atoms with Gasteiger partial charge >= 0.3 is 0 Å². The molecule has 0 spiro atoms. The van der Waals surface area contributed by atoms with Crippen LogP contribution in [0.2, 0.25) is 10.0 Å². The normalized spacial score (nSPS) is 14.2. The van der Waals surface area contributed by atoms with Crippen molar-refractivity contribution in [3.8, 4) is 0 Å². The molecule has 0 saturated heterocycles. The number of aryl methyl sites for hydroxylation is 1. The van der Waals surface area contributed by atoms with E-state index in [-0.39, 0.29) is 12.1 Å². The third-order valence-corrected chi connectivity index (χ3v) is 3.66. The predicted molar refractivity (Wildman–Crippen MR) is 80.1 cm³/mol. The minimum absolute atomic E-state index is 0.0479. The Kier molecular flexibility index (Phi) is 5.02. The number of halogens is 2. The van der Waals surface area contributed by atoms with Crippen molar-refractivity contribution in [1.29, 1.82) is 0 Å². The number of rotatable bonds is 5. The molecule has 1 aromatic heterocycles. The van der Waals surface area contributed by atoms with E-state index in [0.717, 1.165) is 12.0 Å². The van der Waals surface area contributed by atoms with E-state index in [0.29, 0.717) is 21.8 Å². The number of benzene rings is 1. The zero-order valence-corrected chi connectivity index (χ0v) is 13.2. The third kappa shape index (κ3) is 3.51. The molecule has 0 aliphatic heterocycles. The maximum absolute atomic E-state index is 6.20. The molecule has 0 radical (unpaired) electrons. The molecule has 1 N–H and O–H groups in total. The highest BCUT2D eigenvalue weighted by atomic mass is 35.5. The van der Waals surface area contributed by atoms with Gasteiger partial charge in [-0.15, -0.1) is 0 Å². The number of nitrogens with zero attached hydrogens (tertiary/aromatic N) is 2. The summed E-state index contributed by atoms with van der Waals surface area (Å²) in [6, 6.07) is 5.48. The van der Waals surface area contributed by atoms with Gasteiger partial charge in [0, 0.05) is 22.5 Å². The molecule has 2 aromatic rings. The van der Waals surface area contributed by atoms with E-state index in [4.69, 9.17) is 27.7 Å². The van der Waals surface area contributed by atoms with E-state index in [1.807, 2.05) is 32.9 Å². The summed E-state index contributed by atoms with van der Waals surface area (Å²) >= 11 is 12.1.